The van der Waals surface area contributed by atoms with E-state index in [0.29, 0.717) is 11.8 Å². The molecule has 132 valence electrons. The second-order valence-corrected chi connectivity index (χ2v) is 5.64. The van der Waals surface area contributed by atoms with E-state index in [2.05, 4.69) is 15.3 Å². The van der Waals surface area contributed by atoms with Crippen LogP contribution in [0.25, 0.3) is 11.3 Å². The minimum Gasteiger partial charge on any atom is -0.322 e. The Morgan fingerprint density at radius 3 is 2.50 bits per heavy atom. The summed E-state index contributed by atoms with van der Waals surface area (Å²) in [6.07, 6.45) is -2.98. The van der Waals surface area contributed by atoms with E-state index in [1.54, 1.807) is 30.5 Å². The predicted octanol–water partition coefficient (Wildman–Crippen LogP) is 5.07. The summed E-state index contributed by atoms with van der Waals surface area (Å²) in [6.45, 7) is 0. The van der Waals surface area contributed by atoms with Gasteiger partial charge in [0.15, 0.2) is 0 Å². The molecule has 4 nitrogen and oxygen atoms in total. The van der Waals surface area contributed by atoms with Gasteiger partial charge in [-0.1, -0.05) is 29.8 Å². The monoisotopic (exact) mass is 377 g/mol. The molecule has 3 rings (SSSR count). The van der Waals surface area contributed by atoms with E-state index in [-0.39, 0.29) is 5.56 Å². The van der Waals surface area contributed by atoms with Gasteiger partial charge in [0.1, 0.15) is 10.8 Å². The smallest absolute Gasteiger partial charge is 0.322 e. The first-order valence-electron chi connectivity index (χ1n) is 7.41. The summed E-state index contributed by atoms with van der Waals surface area (Å²) in [5, 5.41) is 2.08. The number of pyridine rings is 2. The maximum absolute atomic E-state index is 12.6. The number of halogens is 4. The maximum Gasteiger partial charge on any atom is 0.433 e. The number of carbonyl (C=O) groups is 1. The molecule has 3 aromatic rings. The van der Waals surface area contributed by atoms with Gasteiger partial charge in [0.2, 0.25) is 0 Å². The van der Waals surface area contributed by atoms with Gasteiger partial charge in [0.05, 0.1) is 11.3 Å². The van der Waals surface area contributed by atoms with Gasteiger partial charge >= 0.3 is 6.18 Å². The molecule has 0 aliphatic carbocycles. The summed E-state index contributed by atoms with van der Waals surface area (Å²) < 4.78 is 37.9. The number of anilines is 1. The van der Waals surface area contributed by atoms with Crippen molar-refractivity contribution < 1.29 is 18.0 Å². The molecule has 1 amide bonds. The Morgan fingerprint density at radius 1 is 1.04 bits per heavy atom. The highest BCUT2D eigenvalue weighted by Crippen LogP contribution is 2.29. The fourth-order valence-electron chi connectivity index (χ4n) is 2.25. The van der Waals surface area contributed by atoms with E-state index in [0.717, 1.165) is 17.3 Å². The molecular formula is C18H11ClF3N3O. The third-order valence-corrected chi connectivity index (χ3v) is 3.75. The highest BCUT2D eigenvalue weighted by molar-refractivity contribution is 6.33. The van der Waals surface area contributed by atoms with Gasteiger partial charge < -0.3 is 5.32 Å². The van der Waals surface area contributed by atoms with Crippen LogP contribution in [0.5, 0.6) is 0 Å². The van der Waals surface area contributed by atoms with Crippen LogP contribution in [-0.4, -0.2) is 15.9 Å². The van der Waals surface area contributed by atoms with Crippen molar-refractivity contribution in [1.29, 1.82) is 0 Å². The van der Waals surface area contributed by atoms with Gasteiger partial charge in [0, 0.05) is 17.4 Å². The molecule has 0 radical (unpaired) electrons. The molecule has 0 unspecified atom stereocenters. The zero-order valence-corrected chi connectivity index (χ0v) is 13.8. The number of carbonyl (C=O) groups excluding carboxylic acids is 1. The Kier molecular flexibility index (Phi) is 4.90. The highest BCUT2D eigenvalue weighted by Gasteiger charge is 2.33. The number of hydrogen-bond donors (Lipinski definition) is 1. The fraction of sp³-hybridized carbons (Fsp3) is 0.0556. The molecule has 2 heterocycles. The number of amides is 1. The largest absolute Gasteiger partial charge is 0.433 e. The molecule has 0 bridgehead atoms. The Morgan fingerprint density at radius 2 is 1.85 bits per heavy atom. The molecule has 0 atom stereocenters. The molecule has 1 N–H and O–H groups in total. The van der Waals surface area contributed by atoms with Gasteiger partial charge in [-0.2, -0.15) is 13.2 Å². The average Bonchev–Trinajstić information content (AvgIpc) is 2.61. The Bertz CT molecular complexity index is 946. The van der Waals surface area contributed by atoms with Crippen molar-refractivity contribution in [2.24, 2.45) is 0 Å². The van der Waals surface area contributed by atoms with Crippen molar-refractivity contribution in [1.82, 2.24) is 9.97 Å². The van der Waals surface area contributed by atoms with Gasteiger partial charge in [-0.25, -0.2) is 4.98 Å². The molecule has 0 fully saturated rings. The van der Waals surface area contributed by atoms with E-state index in [9.17, 15) is 18.0 Å². The first-order chi connectivity index (χ1) is 12.3. The van der Waals surface area contributed by atoms with Crippen LogP contribution < -0.4 is 5.32 Å². The zero-order valence-electron chi connectivity index (χ0n) is 13.1. The molecule has 8 heteroatoms. The Labute approximate surface area is 151 Å². The Balaban J connectivity index is 1.83. The van der Waals surface area contributed by atoms with Crippen LogP contribution in [0, 0.1) is 0 Å². The number of benzene rings is 1. The van der Waals surface area contributed by atoms with Crippen molar-refractivity contribution >= 4 is 23.2 Å². The van der Waals surface area contributed by atoms with Crippen LogP contribution in [0.2, 0.25) is 5.15 Å². The topological polar surface area (TPSA) is 54.9 Å². The third-order valence-electron chi connectivity index (χ3n) is 3.46. The molecule has 0 aliphatic rings. The first kappa shape index (κ1) is 17.9. The third kappa shape index (κ3) is 4.00. The minimum atomic E-state index is -4.63. The van der Waals surface area contributed by atoms with Crippen molar-refractivity contribution in [2.45, 2.75) is 6.18 Å². The summed E-state index contributed by atoms with van der Waals surface area (Å²) in [5.74, 6) is -0.658. The lowest BCUT2D eigenvalue weighted by molar-refractivity contribution is -0.141. The molecule has 1 aromatic carbocycles. The van der Waals surface area contributed by atoms with Gasteiger partial charge in [-0.3, -0.25) is 9.78 Å². The van der Waals surface area contributed by atoms with E-state index < -0.39 is 22.9 Å². The summed E-state index contributed by atoms with van der Waals surface area (Å²) in [6, 6.07) is 14.0. The predicted molar refractivity (Wildman–Crippen MR) is 91.9 cm³/mol. The normalized spacial score (nSPS) is 11.2. The average molecular weight is 378 g/mol. The fourth-order valence-corrected chi connectivity index (χ4v) is 2.49. The molecule has 0 spiro atoms. The van der Waals surface area contributed by atoms with E-state index in [1.165, 1.54) is 0 Å². The Hall–Kier alpha value is -2.93. The van der Waals surface area contributed by atoms with Gasteiger partial charge in [-0.15, -0.1) is 0 Å². The minimum absolute atomic E-state index is 0.150. The van der Waals surface area contributed by atoms with Crippen LogP contribution in [0.4, 0.5) is 18.9 Å². The number of hydrogen-bond acceptors (Lipinski definition) is 3. The van der Waals surface area contributed by atoms with Gasteiger partial charge in [0.25, 0.3) is 5.91 Å². The highest BCUT2D eigenvalue weighted by atomic mass is 35.5. The molecule has 0 saturated carbocycles. The SMILES string of the molecule is O=C(Nc1cccc(-c2ccccn2)c1)c1ccc(C(F)(F)F)nc1Cl. The standard InChI is InChI=1S/C18H11ClF3N3O/c19-16-13(7-8-15(25-16)18(20,21)22)17(26)24-12-5-3-4-11(10-12)14-6-1-2-9-23-14/h1-10H,(H,24,26). The number of alkyl halides is 3. The maximum atomic E-state index is 12.6. The molecule has 26 heavy (non-hydrogen) atoms. The van der Waals surface area contributed by atoms with Crippen LogP contribution in [0.1, 0.15) is 16.1 Å². The van der Waals surface area contributed by atoms with Crippen LogP contribution in [0.3, 0.4) is 0 Å². The van der Waals surface area contributed by atoms with Crippen LogP contribution >= 0.6 is 11.6 Å². The number of nitrogens with one attached hydrogen (secondary N) is 1. The van der Waals surface area contributed by atoms with E-state index >= 15 is 0 Å². The second-order valence-electron chi connectivity index (χ2n) is 5.28. The molecule has 0 saturated heterocycles. The lowest BCUT2D eigenvalue weighted by Gasteiger charge is -2.10. The molecule has 0 aliphatic heterocycles. The lowest BCUT2D eigenvalue weighted by Crippen LogP contribution is -2.15. The van der Waals surface area contributed by atoms with E-state index in [1.807, 2.05) is 18.2 Å². The van der Waals surface area contributed by atoms with Crippen molar-refractivity contribution in [3.8, 4) is 11.3 Å². The van der Waals surface area contributed by atoms with Crippen molar-refractivity contribution in [3.05, 3.63) is 77.2 Å². The quantitative estimate of drug-likeness (QED) is 0.648. The second kappa shape index (κ2) is 7.13. The lowest BCUT2D eigenvalue weighted by atomic mass is 10.1. The van der Waals surface area contributed by atoms with Gasteiger partial charge in [-0.05, 0) is 36.4 Å². The van der Waals surface area contributed by atoms with Crippen LogP contribution in [-0.2, 0) is 6.18 Å². The van der Waals surface area contributed by atoms with Crippen molar-refractivity contribution in [3.63, 3.8) is 0 Å². The van der Waals surface area contributed by atoms with E-state index in [4.69, 9.17) is 11.6 Å². The summed E-state index contributed by atoms with van der Waals surface area (Å²) in [7, 11) is 0. The number of nitrogens with zero attached hydrogens (tertiary/aromatic N) is 2. The molecular weight excluding hydrogens is 367 g/mol. The number of aromatic nitrogens is 2. The first-order valence-corrected chi connectivity index (χ1v) is 7.79. The zero-order chi connectivity index (χ0) is 18.7. The van der Waals surface area contributed by atoms with Crippen LogP contribution in [0.15, 0.2) is 60.8 Å². The molecule has 2 aromatic heterocycles. The summed E-state index contributed by atoms with van der Waals surface area (Å²) >= 11 is 5.74. The summed E-state index contributed by atoms with van der Waals surface area (Å²) in [4.78, 5) is 19.8. The number of rotatable bonds is 3. The van der Waals surface area contributed by atoms with Crippen molar-refractivity contribution in [2.75, 3.05) is 5.32 Å². The summed E-state index contributed by atoms with van der Waals surface area (Å²) in [5.41, 5.74) is 0.645.